The van der Waals surface area contributed by atoms with Crippen molar-refractivity contribution >= 4 is 11.9 Å². The number of pyridine rings is 1. The highest BCUT2D eigenvalue weighted by atomic mass is 32.2. The molecule has 0 atom stereocenters. The van der Waals surface area contributed by atoms with E-state index in [9.17, 15) is 0 Å². The molecule has 1 aromatic carbocycles. The summed E-state index contributed by atoms with van der Waals surface area (Å²) >= 11 is 1.88. The van der Waals surface area contributed by atoms with Gasteiger partial charge in [-0.05, 0) is 73.6 Å². The molecule has 1 aromatic heterocycles. The van der Waals surface area contributed by atoms with E-state index in [0.717, 1.165) is 26.1 Å². The van der Waals surface area contributed by atoms with Gasteiger partial charge in [-0.3, -0.25) is 9.88 Å². The van der Waals surface area contributed by atoms with Crippen molar-refractivity contribution in [2.75, 3.05) is 19.6 Å². The van der Waals surface area contributed by atoms with E-state index in [4.69, 9.17) is 0 Å². The summed E-state index contributed by atoms with van der Waals surface area (Å²) in [5, 5.41) is 0. The van der Waals surface area contributed by atoms with E-state index in [0.29, 0.717) is 0 Å². The van der Waals surface area contributed by atoms with Crippen molar-refractivity contribution < 1.29 is 0 Å². The molecule has 2 aliphatic heterocycles. The first-order valence-corrected chi connectivity index (χ1v) is 9.31. The molecule has 0 N–H and O–H groups in total. The zero-order valence-corrected chi connectivity index (χ0v) is 14.3. The molecule has 2 aliphatic rings. The number of benzene rings is 1. The molecule has 3 nitrogen and oxygen atoms in total. The largest absolute Gasteiger partial charge is 0.299 e. The minimum Gasteiger partial charge on any atom is -0.299 e. The lowest BCUT2D eigenvalue weighted by Gasteiger charge is -2.26. The summed E-state index contributed by atoms with van der Waals surface area (Å²) in [7, 11) is 0. The molecule has 120 valence electrons. The van der Waals surface area contributed by atoms with E-state index in [1.807, 2.05) is 24.2 Å². The molecule has 1 fully saturated rings. The molecule has 23 heavy (non-hydrogen) atoms. The van der Waals surface area contributed by atoms with Crippen molar-refractivity contribution in [1.29, 1.82) is 0 Å². The molecule has 4 heteroatoms. The second-order valence-electron chi connectivity index (χ2n) is 6.44. The number of nitrogens with zero attached hydrogens (tertiary/aromatic N) is 3. The predicted molar refractivity (Wildman–Crippen MR) is 95.2 cm³/mol. The zero-order valence-electron chi connectivity index (χ0n) is 13.4. The highest BCUT2D eigenvalue weighted by molar-refractivity contribution is 7.97. The van der Waals surface area contributed by atoms with Gasteiger partial charge in [0.2, 0.25) is 0 Å². The molecule has 0 spiro atoms. The van der Waals surface area contributed by atoms with Gasteiger partial charge < -0.3 is 0 Å². The van der Waals surface area contributed by atoms with Gasteiger partial charge in [-0.1, -0.05) is 18.2 Å². The fourth-order valence-electron chi connectivity index (χ4n) is 3.46. The maximum atomic E-state index is 4.54. The highest BCUT2D eigenvalue weighted by Crippen LogP contribution is 2.29. The van der Waals surface area contributed by atoms with Gasteiger partial charge in [-0.15, -0.1) is 0 Å². The van der Waals surface area contributed by atoms with E-state index in [1.54, 1.807) is 0 Å². The fourth-order valence-corrected chi connectivity index (χ4v) is 4.47. The van der Waals surface area contributed by atoms with E-state index in [2.05, 4.69) is 44.5 Å². The summed E-state index contributed by atoms with van der Waals surface area (Å²) in [5.74, 6) is 0. The molecule has 0 amide bonds. The van der Waals surface area contributed by atoms with Crippen LogP contribution in [0, 0.1) is 0 Å². The van der Waals surface area contributed by atoms with Crippen LogP contribution in [0.3, 0.4) is 0 Å². The lowest BCUT2D eigenvalue weighted by atomic mass is 10.1. The molecule has 2 aromatic rings. The third kappa shape index (κ3) is 3.77. The van der Waals surface area contributed by atoms with Crippen LogP contribution in [0.2, 0.25) is 0 Å². The molecule has 0 unspecified atom stereocenters. The first kappa shape index (κ1) is 15.2. The summed E-state index contributed by atoms with van der Waals surface area (Å²) in [4.78, 5) is 8.44. The van der Waals surface area contributed by atoms with Gasteiger partial charge in [0.1, 0.15) is 0 Å². The molecule has 3 heterocycles. The second-order valence-corrected chi connectivity index (χ2v) is 7.62. The van der Waals surface area contributed by atoms with Gasteiger partial charge in [0.15, 0.2) is 0 Å². The normalized spacial score (nSPS) is 19.0. The Morgan fingerprint density at radius 1 is 1.04 bits per heavy atom. The first-order chi connectivity index (χ1) is 11.4. The maximum Gasteiger partial charge on any atom is 0.0586 e. The van der Waals surface area contributed by atoms with Crippen molar-refractivity contribution in [1.82, 2.24) is 14.2 Å². The average molecular weight is 325 g/mol. The minimum atomic E-state index is 0.942. The van der Waals surface area contributed by atoms with E-state index in [1.165, 1.54) is 47.6 Å². The van der Waals surface area contributed by atoms with E-state index in [-0.39, 0.29) is 0 Å². The monoisotopic (exact) mass is 325 g/mol. The summed E-state index contributed by atoms with van der Waals surface area (Å²) in [6.07, 6.45) is 5.72. The SMILES string of the molecule is c1cc(CN2CCCC2)cc(SN2CCc3cccnc3C2)c1. The van der Waals surface area contributed by atoms with Gasteiger partial charge in [-0.2, -0.15) is 0 Å². The molecule has 1 saturated heterocycles. The topological polar surface area (TPSA) is 19.4 Å². The Balaban J connectivity index is 1.41. The van der Waals surface area contributed by atoms with Crippen LogP contribution in [-0.4, -0.2) is 33.8 Å². The molecule has 4 rings (SSSR count). The number of hydrogen-bond donors (Lipinski definition) is 0. The molecule has 0 saturated carbocycles. The maximum absolute atomic E-state index is 4.54. The van der Waals surface area contributed by atoms with Gasteiger partial charge in [0.05, 0.1) is 12.2 Å². The zero-order chi connectivity index (χ0) is 15.5. The van der Waals surface area contributed by atoms with Crippen LogP contribution >= 0.6 is 11.9 Å². The number of hydrogen-bond acceptors (Lipinski definition) is 4. The number of rotatable bonds is 4. The third-order valence-corrected chi connectivity index (χ3v) is 5.71. The van der Waals surface area contributed by atoms with E-state index < -0.39 is 0 Å². The van der Waals surface area contributed by atoms with Crippen LogP contribution in [-0.2, 0) is 19.5 Å². The summed E-state index contributed by atoms with van der Waals surface area (Å²) < 4.78 is 2.43. The number of aromatic nitrogens is 1. The smallest absolute Gasteiger partial charge is 0.0586 e. The van der Waals surface area contributed by atoms with Crippen molar-refractivity contribution in [2.24, 2.45) is 0 Å². The van der Waals surface area contributed by atoms with Crippen LogP contribution in [0.25, 0.3) is 0 Å². The molecular formula is C19H23N3S. The van der Waals surface area contributed by atoms with Crippen molar-refractivity contribution in [2.45, 2.75) is 37.2 Å². The Hall–Kier alpha value is -1.36. The number of fused-ring (bicyclic) bond motifs is 1. The number of likely N-dealkylation sites (tertiary alicyclic amines) is 1. The quantitative estimate of drug-likeness (QED) is 0.797. The highest BCUT2D eigenvalue weighted by Gasteiger charge is 2.18. The fraction of sp³-hybridized carbons (Fsp3) is 0.421. The van der Waals surface area contributed by atoms with Crippen LogP contribution in [0.1, 0.15) is 29.7 Å². The van der Waals surface area contributed by atoms with Gasteiger partial charge in [0.25, 0.3) is 0 Å². The van der Waals surface area contributed by atoms with Crippen LogP contribution in [0.15, 0.2) is 47.5 Å². The Morgan fingerprint density at radius 2 is 1.96 bits per heavy atom. The van der Waals surface area contributed by atoms with Crippen molar-refractivity contribution in [3.63, 3.8) is 0 Å². The molecular weight excluding hydrogens is 302 g/mol. The molecule has 0 aliphatic carbocycles. The summed E-state index contributed by atoms with van der Waals surface area (Å²) in [6.45, 7) is 5.65. The van der Waals surface area contributed by atoms with Crippen LogP contribution in [0.5, 0.6) is 0 Å². The Morgan fingerprint density at radius 3 is 2.87 bits per heavy atom. The molecule has 0 radical (unpaired) electrons. The third-order valence-electron chi connectivity index (χ3n) is 4.68. The lowest BCUT2D eigenvalue weighted by Crippen LogP contribution is -2.25. The van der Waals surface area contributed by atoms with Gasteiger partial charge in [-0.25, -0.2) is 4.31 Å². The standard InChI is InChI=1S/C19H23N3S/c1-2-11-21(10-1)14-16-5-3-7-18(13-16)23-22-12-8-17-6-4-9-20-19(17)15-22/h3-7,9,13H,1-2,8,10-12,14-15H2. The van der Waals surface area contributed by atoms with Gasteiger partial charge in [0, 0.05) is 24.2 Å². The summed E-state index contributed by atoms with van der Waals surface area (Å²) in [6, 6.07) is 13.3. The van der Waals surface area contributed by atoms with Crippen molar-refractivity contribution in [3.8, 4) is 0 Å². The second kappa shape index (κ2) is 7.04. The minimum absolute atomic E-state index is 0.942. The Kier molecular flexibility index (Phi) is 4.64. The molecule has 0 bridgehead atoms. The van der Waals surface area contributed by atoms with E-state index >= 15 is 0 Å². The van der Waals surface area contributed by atoms with Gasteiger partial charge >= 0.3 is 0 Å². The summed E-state index contributed by atoms with van der Waals surface area (Å²) in [5.41, 5.74) is 4.08. The lowest BCUT2D eigenvalue weighted by molar-refractivity contribution is 0.331. The Bertz CT molecular complexity index is 667. The van der Waals surface area contributed by atoms with Crippen molar-refractivity contribution in [3.05, 3.63) is 59.4 Å². The van der Waals surface area contributed by atoms with Crippen LogP contribution in [0.4, 0.5) is 0 Å². The average Bonchev–Trinajstić information content (AvgIpc) is 3.08. The van der Waals surface area contributed by atoms with Crippen LogP contribution < -0.4 is 0 Å². The predicted octanol–water partition coefficient (Wildman–Crippen LogP) is 3.74. The Labute approximate surface area is 142 Å². The first-order valence-electron chi connectivity index (χ1n) is 8.54.